The van der Waals surface area contributed by atoms with Crippen molar-refractivity contribution in [1.29, 1.82) is 5.41 Å². The van der Waals surface area contributed by atoms with Gasteiger partial charge in [-0.05, 0) is 59.7 Å². The molecule has 1 atom stereocenters. The van der Waals surface area contributed by atoms with Crippen molar-refractivity contribution >= 4 is 33.3 Å². The van der Waals surface area contributed by atoms with Crippen molar-refractivity contribution in [3.05, 3.63) is 34.7 Å². The summed E-state index contributed by atoms with van der Waals surface area (Å²) in [6.45, 7) is 2.02. The number of carbonyl (C=O) groups excluding carboxylic acids is 1. The summed E-state index contributed by atoms with van der Waals surface area (Å²) in [5.74, 6) is 1.10. The highest BCUT2D eigenvalue weighted by Crippen LogP contribution is 2.37. The molecule has 2 N–H and O–H groups in total. The standard InChI is InChI=1S/C19H23N3OS/c1-19(10-17(23)22(2)18(20)21-19)14-7-8-16-15(9-14)13(11-24-16)6-5-12-3-4-12/h7-9,11-12H,3-6,10H2,1-2H3,(H2,20,21). The van der Waals surface area contributed by atoms with Gasteiger partial charge in [0.1, 0.15) is 0 Å². The van der Waals surface area contributed by atoms with Gasteiger partial charge in [0.15, 0.2) is 5.96 Å². The van der Waals surface area contributed by atoms with Crippen LogP contribution in [0.3, 0.4) is 0 Å². The predicted molar refractivity (Wildman–Crippen MR) is 98.5 cm³/mol. The number of thiophene rings is 1. The Kier molecular flexibility index (Phi) is 3.64. The lowest BCUT2D eigenvalue weighted by Gasteiger charge is -2.39. The summed E-state index contributed by atoms with van der Waals surface area (Å²) in [7, 11) is 1.65. The summed E-state index contributed by atoms with van der Waals surface area (Å²) in [5, 5.41) is 14.8. The van der Waals surface area contributed by atoms with E-state index in [1.54, 1.807) is 18.4 Å². The number of hydrogen-bond acceptors (Lipinski definition) is 3. The normalized spacial score (nSPS) is 24.5. The molecule has 4 rings (SSSR count). The first kappa shape index (κ1) is 15.6. The van der Waals surface area contributed by atoms with Gasteiger partial charge in [-0.15, -0.1) is 11.3 Å². The molecule has 0 spiro atoms. The van der Waals surface area contributed by atoms with E-state index in [4.69, 9.17) is 5.41 Å². The van der Waals surface area contributed by atoms with Gasteiger partial charge >= 0.3 is 0 Å². The molecule has 2 fully saturated rings. The number of amides is 1. The van der Waals surface area contributed by atoms with Gasteiger partial charge in [0.25, 0.3) is 0 Å². The second kappa shape index (κ2) is 5.59. The van der Waals surface area contributed by atoms with Crippen LogP contribution in [0.25, 0.3) is 10.1 Å². The van der Waals surface area contributed by atoms with Crippen molar-refractivity contribution in [2.45, 2.75) is 44.6 Å². The highest BCUT2D eigenvalue weighted by molar-refractivity contribution is 7.17. The van der Waals surface area contributed by atoms with Crippen LogP contribution in [-0.2, 0) is 16.8 Å². The van der Waals surface area contributed by atoms with E-state index >= 15 is 0 Å². The number of fused-ring (bicyclic) bond motifs is 1. The lowest BCUT2D eigenvalue weighted by Crippen LogP contribution is -2.58. The molecule has 24 heavy (non-hydrogen) atoms. The Bertz CT molecular complexity index is 803. The maximum Gasteiger partial charge on any atom is 0.231 e. The van der Waals surface area contributed by atoms with E-state index in [2.05, 4.69) is 28.9 Å². The van der Waals surface area contributed by atoms with Crippen molar-refractivity contribution < 1.29 is 4.79 Å². The van der Waals surface area contributed by atoms with E-state index in [-0.39, 0.29) is 11.9 Å². The third-order valence-electron chi connectivity index (χ3n) is 5.42. The van der Waals surface area contributed by atoms with Crippen LogP contribution in [0.4, 0.5) is 0 Å². The van der Waals surface area contributed by atoms with Crippen LogP contribution in [-0.4, -0.2) is 23.8 Å². The molecule has 0 radical (unpaired) electrons. The Morgan fingerprint density at radius 3 is 2.92 bits per heavy atom. The summed E-state index contributed by atoms with van der Waals surface area (Å²) >= 11 is 1.80. The van der Waals surface area contributed by atoms with Crippen LogP contribution >= 0.6 is 11.3 Å². The summed E-state index contributed by atoms with van der Waals surface area (Å²) < 4.78 is 1.31. The van der Waals surface area contributed by atoms with Gasteiger partial charge < -0.3 is 5.32 Å². The highest BCUT2D eigenvalue weighted by Gasteiger charge is 2.38. The first-order valence-corrected chi connectivity index (χ1v) is 9.48. The summed E-state index contributed by atoms with van der Waals surface area (Å²) in [6, 6.07) is 6.49. The molecular weight excluding hydrogens is 318 g/mol. The molecule has 2 heterocycles. The maximum atomic E-state index is 12.2. The molecule has 126 valence electrons. The number of carbonyl (C=O) groups is 1. The monoisotopic (exact) mass is 341 g/mol. The van der Waals surface area contributed by atoms with Gasteiger partial charge in [0.05, 0.1) is 12.0 Å². The van der Waals surface area contributed by atoms with E-state index in [0.29, 0.717) is 6.42 Å². The SMILES string of the molecule is CN1C(=N)NC(C)(c2ccc3scc(CCC4CC4)c3c2)CC1=O. The number of aryl methyl sites for hydroxylation is 1. The Labute approximate surface area is 146 Å². The number of hydrogen-bond donors (Lipinski definition) is 2. The fraction of sp³-hybridized carbons (Fsp3) is 0.474. The molecule has 1 aromatic heterocycles. The van der Waals surface area contributed by atoms with Gasteiger partial charge in [-0.2, -0.15) is 0 Å². The minimum absolute atomic E-state index is 0.0133. The molecule has 4 nitrogen and oxygen atoms in total. The van der Waals surface area contributed by atoms with Gasteiger partial charge in [0.2, 0.25) is 5.91 Å². The maximum absolute atomic E-state index is 12.2. The Balaban J connectivity index is 1.67. The average molecular weight is 341 g/mol. The fourth-order valence-electron chi connectivity index (χ4n) is 3.49. The van der Waals surface area contributed by atoms with E-state index < -0.39 is 5.54 Å². The average Bonchev–Trinajstić information content (AvgIpc) is 3.29. The third-order valence-corrected chi connectivity index (χ3v) is 6.43. The van der Waals surface area contributed by atoms with Gasteiger partial charge in [0, 0.05) is 11.7 Å². The molecule has 1 saturated carbocycles. The highest BCUT2D eigenvalue weighted by atomic mass is 32.1. The Morgan fingerprint density at radius 2 is 2.21 bits per heavy atom. The number of benzene rings is 1. The molecule has 1 aliphatic heterocycles. The van der Waals surface area contributed by atoms with Crippen molar-refractivity contribution in [2.75, 3.05) is 7.05 Å². The molecule has 1 unspecified atom stereocenters. The van der Waals surface area contributed by atoms with Crippen molar-refractivity contribution in [1.82, 2.24) is 10.2 Å². The smallest absolute Gasteiger partial charge is 0.231 e. The minimum atomic E-state index is -0.509. The number of rotatable bonds is 4. The van der Waals surface area contributed by atoms with Crippen LogP contribution < -0.4 is 5.32 Å². The predicted octanol–water partition coefficient (Wildman–Crippen LogP) is 3.85. The van der Waals surface area contributed by atoms with Gasteiger partial charge in [-0.1, -0.05) is 18.9 Å². The molecular formula is C19H23N3OS. The first-order chi connectivity index (χ1) is 11.5. The first-order valence-electron chi connectivity index (χ1n) is 8.60. The zero-order valence-electron chi connectivity index (χ0n) is 14.2. The molecule has 1 aliphatic carbocycles. The molecule has 1 aromatic carbocycles. The number of guanidine groups is 1. The molecule has 2 aromatic rings. The lowest BCUT2D eigenvalue weighted by atomic mass is 9.85. The zero-order chi connectivity index (χ0) is 16.9. The van der Waals surface area contributed by atoms with Crippen molar-refractivity contribution in [3.63, 3.8) is 0 Å². The van der Waals surface area contributed by atoms with Crippen molar-refractivity contribution in [3.8, 4) is 0 Å². The van der Waals surface area contributed by atoms with E-state index in [1.165, 1.54) is 39.8 Å². The van der Waals surface area contributed by atoms with Crippen LogP contribution in [0.1, 0.15) is 43.7 Å². The number of nitrogens with one attached hydrogen (secondary N) is 2. The minimum Gasteiger partial charge on any atom is -0.346 e. The Morgan fingerprint density at radius 1 is 1.42 bits per heavy atom. The molecule has 5 heteroatoms. The van der Waals surface area contributed by atoms with Crippen LogP contribution in [0.15, 0.2) is 23.6 Å². The van der Waals surface area contributed by atoms with E-state index in [9.17, 15) is 4.79 Å². The number of nitrogens with zero attached hydrogens (tertiary/aromatic N) is 1. The van der Waals surface area contributed by atoms with Crippen LogP contribution in [0, 0.1) is 11.3 Å². The fourth-order valence-corrected chi connectivity index (χ4v) is 4.47. The summed E-state index contributed by atoms with van der Waals surface area (Å²) in [6.07, 6.45) is 5.61. The Hall–Kier alpha value is -1.88. The zero-order valence-corrected chi connectivity index (χ0v) is 15.0. The van der Waals surface area contributed by atoms with Gasteiger partial charge in [-0.3, -0.25) is 15.1 Å². The lowest BCUT2D eigenvalue weighted by molar-refractivity contribution is -0.129. The van der Waals surface area contributed by atoms with E-state index in [0.717, 1.165) is 17.9 Å². The largest absolute Gasteiger partial charge is 0.346 e. The van der Waals surface area contributed by atoms with Gasteiger partial charge in [-0.25, -0.2) is 0 Å². The molecule has 0 bridgehead atoms. The van der Waals surface area contributed by atoms with Crippen LogP contribution in [0.5, 0.6) is 0 Å². The molecule has 1 amide bonds. The summed E-state index contributed by atoms with van der Waals surface area (Å²) in [4.78, 5) is 13.6. The third kappa shape index (κ3) is 2.71. The van der Waals surface area contributed by atoms with Crippen molar-refractivity contribution in [2.24, 2.45) is 5.92 Å². The second-order valence-electron chi connectivity index (χ2n) is 7.39. The van der Waals surface area contributed by atoms with E-state index in [1.807, 2.05) is 6.92 Å². The second-order valence-corrected chi connectivity index (χ2v) is 8.30. The topological polar surface area (TPSA) is 56.2 Å². The summed E-state index contributed by atoms with van der Waals surface area (Å²) in [5.41, 5.74) is 2.01. The molecule has 2 aliphatic rings. The van der Waals surface area contributed by atoms with Crippen LogP contribution in [0.2, 0.25) is 0 Å². The molecule has 1 saturated heterocycles. The quantitative estimate of drug-likeness (QED) is 0.887.